The minimum atomic E-state index is -1.38. The van der Waals surface area contributed by atoms with E-state index < -0.39 is 29.8 Å². The molecule has 0 aliphatic rings. The lowest BCUT2D eigenvalue weighted by atomic mass is 10.1. The Balaban J connectivity index is 2.25. The normalized spacial score (nSPS) is 11.3. The van der Waals surface area contributed by atoms with Gasteiger partial charge in [-0.1, -0.05) is 30.3 Å². The molecule has 26 heavy (non-hydrogen) atoms. The molecule has 0 bridgehead atoms. The average molecular weight is 359 g/mol. The number of nitrogen functional groups attached to an aromatic ring is 1. The van der Waals surface area contributed by atoms with E-state index in [1.54, 1.807) is 37.3 Å². The standard InChI is InChI=1S/C18H18FN3O4/c1-2-21-18(25)22-16(23)15(11-6-4-3-5-7-11)26-17(24)13-9-8-12(19)10-14(13)20/h3-10,15H,2,20H2,1H3,(H2,21,22,23,25). The van der Waals surface area contributed by atoms with Crippen LogP contribution >= 0.6 is 0 Å². The number of rotatable bonds is 5. The van der Waals surface area contributed by atoms with Crippen LogP contribution in [0.25, 0.3) is 0 Å². The van der Waals surface area contributed by atoms with Gasteiger partial charge in [-0.3, -0.25) is 10.1 Å². The number of anilines is 1. The van der Waals surface area contributed by atoms with E-state index in [2.05, 4.69) is 10.6 Å². The fourth-order valence-electron chi connectivity index (χ4n) is 2.17. The molecule has 136 valence electrons. The third-order valence-electron chi connectivity index (χ3n) is 3.37. The highest BCUT2D eigenvalue weighted by atomic mass is 19.1. The number of benzene rings is 2. The minimum absolute atomic E-state index is 0.0851. The highest BCUT2D eigenvalue weighted by molar-refractivity contribution is 6.00. The number of nitrogens with one attached hydrogen (secondary N) is 2. The van der Waals surface area contributed by atoms with Crippen LogP contribution in [0.1, 0.15) is 28.9 Å². The summed E-state index contributed by atoms with van der Waals surface area (Å²) >= 11 is 0. The lowest BCUT2D eigenvalue weighted by Gasteiger charge is -2.18. The number of carbonyl (C=O) groups is 3. The molecule has 2 aromatic carbocycles. The first kappa shape index (κ1) is 18.9. The second kappa shape index (κ2) is 8.61. The smallest absolute Gasteiger partial charge is 0.341 e. The monoisotopic (exact) mass is 359 g/mol. The van der Waals surface area contributed by atoms with Gasteiger partial charge in [-0.05, 0) is 25.1 Å². The van der Waals surface area contributed by atoms with E-state index in [4.69, 9.17) is 10.5 Å². The van der Waals surface area contributed by atoms with Gasteiger partial charge < -0.3 is 15.8 Å². The summed E-state index contributed by atoms with van der Waals surface area (Å²) in [5.41, 5.74) is 5.79. The Labute approximate surface area is 149 Å². The largest absolute Gasteiger partial charge is 0.444 e. The van der Waals surface area contributed by atoms with Gasteiger partial charge in [-0.15, -0.1) is 0 Å². The quantitative estimate of drug-likeness (QED) is 0.560. The fraction of sp³-hybridized carbons (Fsp3) is 0.167. The molecule has 1 atom stereocenters. The summed E-state index contributed by atoms with van der Waals surface area (Å²) < 4.78 is 18.4. The minimum Gasteiger partial charge on any atom is -0.444 e. The number of imide groups is 1. The number of esters is 1. The van der Waals surface area contributed by atoms with E-state index in [1.807, 2.05) is 0 Å². The van der Waals surface area contributed by atoms with E-state index in [0.29, 0.717) is 12.1 Å². The number of ether oxygens (including phenoxy) is 1. The predicted octanol–water partition coefficient (Wildman–Crippen LogP) is 2.15. The number of halogens is 1. The van der Waals surface area contributed by atoms with E-state index in [9.17, 15) is 18.8 Å². The number of urea groups is 1. The van der Waals surface area contributed by atoms with Gasteiger partial charge in [0.2, 0.25) is 6.10 Å². The van der Waals surface area contributed by atoms with Gasteiger partial charge in [0.25, 0.3) is 5.91 Å². The molecule has 1 unspecified atom stereocenters. The highest BCUT2D eigenvalue weighted by Crippen LogP contribution is 2.22. The van der Waals surface area contributed by atoms with Crippen molar-refractivity contribution in [3.05, 3.63) is 65.5 Å². The number of nitrogens with two attached hydrogens (primary N) is 1. The molecule has 7 nitrogen and oxygen atoms in total. The topological polar surface area (TPSA) is 111 Å². The summed E-state index contributed by atoms with van der Waals surface area (Å²) in [6.45, 7) is 2.01. The first-order chi connectivity index (χ1) is 12.4. The van der Waals surface area contributed by atoms with Crippen molar-refractivity contribution < 1.29 is 23.5 Å². The molecule has 0 aliphatic heterocycles. The molecule has 0 aromatic heterocycles. The van der Waals surface area contributed by atoms with Crippen LogP contribution in [0.2, 0.25) is 0 Å². The summed E-state index contributed by atoms with van der Waals surface area (Å²) in [5.74, 6) is -2.34. The molecule has 0 fully saturated rings. The van der Waals surface area contributed by atoms with Crippen LogP contribution in [0.15, 0.2) is 48.5 Å². The molecule has 0 saturated heterocycles. The number of carbonyl (C=O) groups excluding carboxylic acids is 3. The highest BCUT2D eigenvalue weighted by Gasteiger charge is 2.27. The average Bonchev–Trinajstić information content (AvgIpc) is 2.60. The molecule has 0 heterocycles. The van der Waals surface area contributed by atoms with Gasteiger partial charge in [0.1, 0.15) is 5.82 Å². The Morgan fingerprint density at radius 1 is 1.15 bits per heavy atom. The summed E-state index contributed by atoms with van der Waals surface area (Å²) in [5, 5.41) is 4.51. The molecule has 4 N–H and O–H groups in total. The number of hydrogen-bond donors (Lipinski definition) is 3. The van der Waals surface area contributed by atoms with Crippen LogP contribution in [0.5, 0.6) is 0 Å². The maximum absolute atomic E-state index is 13.1. The Morgan fingerprint density at radius 2 is 1.85 bits per heavy atom. The van der Waals surface area contributed by atoms with E-state index in [0.717, 1.165) is 18.2 Å². The van der Waals surface area contributed by atoms with Crippen LogP contribution in [-0.4, -0.2) is 24.5 Å². The number of amides is 3. The zero-order chi connectivity index (χ0) is 19.1. The first-order valence-electron chi connectivity index (χ1n) is 7.82. The van der Waals surface area contributed by atoms with Crippen molar-refractivity contribution in [1.29, 1.82) is 0 Å². The van der Waals surface area contributed by atoms with Gasteiger partial charge in [-0.25, -0.2) is 14.0 Å². The Kier molecular flexibility index (Phi) is 6.26. The van der Waals surface area contributed by atoms with Crippen LogP contribution in [0, 0.1) is 5.82 Å². The third-order valence-corrected chi connectivity index (χ3v) is 3.37. The Hall–Kier alpha value is -3.42. The molecule has 0 radical (unpaired) electrons. The summed E-state index contributed by atoms with van der Waals surface area (Å²) in [4.78, 5) is 36.4. The van der Waals surface area contributed by atoms with Gasteiger partial charge in [0, 0.05) is 17.8 Å². The van der Waals surface area contributed by atoms with Crippen molar-refractivity contribution in [3.63, 3.8) is 0 Å². The van der Waals surface area contributed by atoms with E-state index >= 15 is 0 Å². The molecule has 2 aromatic rings. The van der Waals surface area contributed by atoms with Crippen LogP contribution < -0.4 is 16.4 Å². The van der Waals surface area contributed by atoms with Crippen molar-refractivity contribution >= 4 is 23.6 Å². The second-order valence-corrected chi connectivity index (χ2v) is 5.28. The Morgan fingerprint density at radius 3 is 2.46 bits per heavy atom. The van der Waals surface area contributed by atoms with Crippen molar-refractivity contribution in [1.82, 2.24) is 10.6 Å². The summed E-state index contributed by atoms with van der Waals surface area (Å²) in [6.07, 6.45) is -1.38. The maximum atomic E-state index is 13.1. The van der Waals surface area contributed by atoms with Gasteiger partial charge >= 0.3 is 12.0 Å². The SMILES string of the molecule is CCNC(=O)NC(=O)C(OC(=O)c1ccc(F)cc1N)c1ccccc1. The predicted molar refractivity (Wildman–Crippen MR) is 92.6 cm³/mol. The lowest BCUT2D eigenvalue weighted by Crippen LogP contribution is -2.42. The summed E-state index contributed by atoms with van der Waals surface area (Å²) in [6, 6.07) is 10.7. The van der Waals surface area contributed by atoms with Crippen LogP contribution in [0.4, 0.5) is 14.9 Å². The van der Waals surface area contributed by atoms with Gasteiger partial charge in [0.15, 0.2) is 0 Å². The van der Waals surface area contributed by atoms with E-state index in [1.165, 1.54) is 0 Å². The van der Waals surface area contributed by atoms with Crippen molar-refractivity contribution in [2.75, 3.05) is 12.3 Å². The fourth-order valence-corrected chi connectivity index (χ4v) is 2.17. The Bertz CT molecular complexity index is 811. The van der Waals surface area contributed by atoms with Gasteiger partial charge in [-0.2, -0.15) is 0 Å². The molecule has 2 rings (SSSR count). The van der Waals surface area contributed by atoms with Crippen molar-refractivity contribution in [2.24, 2.45) is 0 Å². The van der Waals surface area contributed by atoms with E-state index in [-0.39, 0.29) is 11.3 Å². The van der Waals surface area contributed by atoms with Crippen molar-refractivity contribution in [2.45, 2.75) is 13.0 Å². The molecule has 3 amide bonds. The third kappa shape index (κ3) is 4.79. The van der Waals surface area contributed by atoms with Crippen LogP contribution in [-0.2, 0) is 9.53 Å². The zero-order valence-electron chi connectivity index (χ0n) is 14.0. The van der Waals surface area contributed by atoms with Gasteiger partial charge in [0.05, 0.1) is 5.56 Å². The first-order valence-corrected chi connectivity index (χ1v) is 7.82. The number of hydrogen-bond acceptors (Lipinski definition) is 5. The van der Waals surface area contributed by atoms with Crippen molar-refractivity contribution in [3.8, 4) is 0 Å². The molecule has 0 saturated carbocycles. The van der Waals surface area contributed by atoms with Crippen LogP contribution in [0.3, 0.4) is 0 Å². The molecular formula is C18H18FN3O4. The molecular weight excluding hydrogens is 341 g/mol. The zero-order valence-corrected chi connectivity index (χ0v) is 14.0. The molecule has 0 spiro atoms. The lowest BCUT2D eigenvalue weighted by molar-refractivity contribution is -0.129. The second-order valence-electron chi connectivity index (χ2n) is 5.28. The molecule has 0 aliphatic carbocycles. The summed E-state index contributed by atoms with van der Waals surface area (Å²) in [7, 11) is 0. The molecule has 8 heteroatoms. The maximum Gasteiger partial charge on any atom is 0.341 e.